The van der Waals surface area contributed by atoms with Crippen LogP contribution in [0.15, 0.2) is 24.3 Å². The van der Waals surface area contributed by atoms with Crippen molar-refractivity contribution >= 4 is 5.91 Å². The maximum atomic E-state index is 12.4. The van der Waals surface area contributed by atoms with Crippen molar-refractivity contribution in [1.29, 1.82) is 0 Å². The number of benzene rings is 1. The van der Waals surface area contributed by atoms with Crippen LogP contribution in [0.1, 0.15) is 22.3 Å². The first kappa shape index (κ1) is 14.0. The molecule has 0 radical (unpaired) electrons. The summed E-state index contributed by atoms with van der Waals surface area (Å²) in [7, 11) is 2.11. The van der Waals surface area contributed by atoms with Crippen LogP contribution in [0.5, 0.6) is 0 Å². The van der Waals surface area contributed by atoms with Crippen molar-refractivity contribution in [3.63, 3.8) is 0 Å². The Morgan fingerprint density at radius 1 is 1.16 bits per heavy atom. The minimum atomic E-state index is 0.148. The summed E-state index contributed by atoms with van der Waals surface area (Å²) in [5.74, 6) is 0.148. The molecule has 1 aromatic carbocycles. The lowest BCUT2D eigenvalue weighted by atomic mass is 10.1. The Balaban J connectivity index is 2.02. The molecule has 0 bridgehead atoms. The fraction of sp³-hybridized carbons (Fsp3) is 0.533. The molecule has 1 amide bonds. The highest BCUT2D eigenvalue weighted by Gasteiger charge is 2.18. The van der Waals surface area contributed by atoms with E-state index in [0.717, 1.165) is 44.6 Å². The van der Waals surface area contributed by atoms with Gasteiger partial charge in [0.25, 0.3) is 5.91 Å². The fourth-order valence-electron chi connectivity index (χ4n) is 2.41. The van der Waals surface area contributed by atoms with Crippen molar-refractivity contribution in [1.82, 2.24) is 9.80 Å². The first-order valence-corrected chi connectivity index (χ1v) is 6.97. The Labute approximate surface area is 115 Å². The highest BCUT2D eigenvalue weighted by molar-refractivity contribution is 5.94. The molecule has 1 aliphatic heterocycles. The van der Waals surface area contributed by atoms with E-state index in [-0.39, 0.29) is 5.91 Å². The van der Waals surface area contributed by atoms with E-state index in [2.05, 4.69) is 11.9 Å². The maximum Gasteiger partial charge on any atom is 0.253 e. The number of amides is 1. The van der Waals surface area contributed by atoms with Gasteiger partial charge in [0.05, 0.1) is 0 Å². The van der Waals surface area contributed by atoms with Crippen molar-refractivity contribution in [3.8, 4) is 0 Å². The second kappa shape index (κ2) is 6.68. The van der Waals surface area contributed by atoms with Gasteiger partial charge in [-0.2, -0.15) is 0 Å². The summed E-state index contributed by atoms with van der Waals surface area (Å²) in [6.45, 7) is 4.34. The van der Waals surface area contributed by atoms with Crippen molar-refractivity contribution in [2.45, 2.75) is 12.8 Å². The van der Waals surface area contributed by atoms with Gasteiger partial charge in [0.1, 0.15) is 0 Å². The molecule has 1 heterocycles. The van der Waals surface area contributed by atoms with E-state index in [1.807, 2.05) is 29.2 Å². The number of nitrogens with zero attached hydrogens (tertiary/aromatic N) is 2. The zero-order valence-corrected chi connectivity index (χ0v) is 11.6. The van der Waals surface area contributed by atoms with Crippen molar-refractivity contribution in [2.75, 3.05) is 39.8 Å². The molecular formula is C15H23N3O. The quantitative estimate of drug-likeness (QED) is 0.882. The summed E-state index contributed by atoms with van der Waals surface area (Å²) in [5, 5.41) is 0. The van der Waals surface area contributed by atoms with Gasteiger partial charge >= 0.3 is 0 Å². The molecular weight excluding hydrogens is 238 g/mol. The normalized spacial score (nSPS) is 17.3. The molecule has 0 saturated carbocycles. The van der Waals surface area contributed by atoms with Crippen molar-refractivity contribution < 1.29 is 4.79 Å². The third kappa shape index (κ3) is 3.78. The second-order valence-corrected chi connectivity index (χ2v) is 5.18. The summed E-state index contributed by atoms with van der Waals surface area (Å²) in [4.78, 5) is 16.6. The molecule has 0 spiro atoms. The van der Waals surface area contributed by atoms with Gasteiger partial charge in [-0.25, -0.2) is 0 Å². The lowest BCUT2D eigenvalue weighted by Crippen LogP contribution is -2.34. The molecule has 0 aliphatic carbocycles. The van der Waals surface area contributed by atoms with E-state index in [4.69, 9.17) is 5.73 Å². The van der Waals surface area contributed by atoms with E-state index < -0.39 is 0 Å². The molecule has 2 N–H and O–H groups in total. The van der Waals surface area contributed by atoms with E-state index in [0.29, 0.717) is 6.54 Å². The number of carbonyl (C=O) groups excluding carboxylic acids is 1. The van der Waals surface area contributed by atoms with Gasteiger partial charge in [-0.1, -0.05) is 12.1 Å². The Bertz CT molecular complexity index is 416. The van der Waals surface area contributed by atoms with Crippen LogP contribution in [0.2, 0.25) is 0 Å². The predicted molar refractivity (Wildman–Crippen MR) is 77.2 cm³/mol. The summed E-state index contributed by atoms with van der Waals surface area (Å²) < 4.78 is 0. The van der Waals surface area contributed by atoms with E-state index in [1.54, 1.807) is 0 Å². The number of carbonyl (C=O) groups is 1. The number of nitrogens with two attached hydrogens (primary N) is 1. The summed E-state index contributed by atoms with van der Waals surface area (Å²) in [6.07, 6.45) is 1.91. The number of rotatable bonds is 3. The van der Waals surface area contributed by atoms with Gasteiger partial charge in [0.2, 0.25) is 0 Å². The molecule has 2 rings (SSSR count). The minimum Gasteiger partial charge on any atom is -0.337 e. The van der Waals surface area contributed by atoms with Gasteiger partial charge in [0.15, 0.2) is 0 Å². The molecule has 19 heavy (non-hydrogen) atoms. The SMILES string of the molecule is CN1CCCN(C(=O)c2ccc(CCN)cc2)CC1. The number of hydrogen-bond acceptors (Lipinski definition) is 3. The zero-order valence-electron chi connectivity index (χ0n) is 11.6. The molecule has 4 nitrogen and oxygen atoms in total. The lowest BCUT2D eigenvalue weighted by molar-refractivity contribution is 0.0763. The van der Waals surface area contributed by atoms with Crippen molar-refractivity contribution in [3.05, 3.63) is 35.4 Å². The van der Waals surface area contributed by atoms with Crippen LogP contribution in [0, 0.1) is 0 Å². The fourth-order valence-corrected chi connectivity index (χ4v) is 2.41. The molecule has 1 saturated heterocycles. The molecule has 1 fully saturated rings. The Morgan fingerprint density at radius 2 is 1.89 bits per heavy atom. The van der Waals surface area contributed by atoms with Crippen LogP contribution in [0.3, 0.4) is 0 Å². The van der Waals surface area contributed by atoms with E-state index in [9.17, 15) is 4.79 Å². The summed E-state index contributed by atoms with van der Waals surface area (Å²) in [5.41, 5.74) is 7.50. The van der Waals surface area contributed by atoms with Crippen LogP contribution < -0.4 is 5.73 Å². The average Bonchev–Trinajstić information content (AvgIpc) is 2.64. The molecule has 0 aromatic heterocycles. The van der Waals surface area contributed by atoms with Gasteiger partial charge in [0, 0.05) is 25.2 Å². The molecule has 0 unspecified atom stereocenters. The van der Waals surface area contributed by atoms with Crippen LogP contribution in [-0.4, -0.2) is 55.5 Å². The van der Waals surface area contributed by atoms with E-state index >= 15 is 0 Å². The number of hydrogen-bond donors (Lipinski definition) is 1. The molecule has 4 heteroatoms. The molecule has 1 aromatic rings. The van der Waals surface area contributed by atoms with Crippen molar-refractivity contribution in [2.24, 2.45) is 5.73 Å². The first-order valence-electron chi connectivity index (χ1n) is 6.97. The third-order valence-corrected chi connectivity index (χ3v) is 3.64. The smallest absolute Gasteiger partial charge is 0.253 e. The Hall–Kier alpha value is -1.39. The third-order valence-electron chi connectivity index (χ3n) is 3.64. The van der Waals surface area contributed by atoms with Crippen LogP contribution in [0.4, 0.5) is 0 Å². The molecule has 1 aliphatic rings. The first-order chi connectivity index (χ1) is 9.20. The van der Waals surface area contributed by atoms with E-state index in [1.165, 1.54) is 5.56 Å². The monoisotopic (exact) mass is 261 g/mol. The largest absolute Gasteiger partial charge is 0.337 e. The second-order valence-electron chi connectivity index (χ2n) is 5.18. The van der Waals surface area contributed by atoms with Gasteiger partial charge in [-0.3, -0.25) is 4.79 Å². The molecule has 0 atom stereocenters. The summed E-state index contributed by atoms with van der Waals surface area (Å²) in [6, 6.07) is 7.85. The Kier molecular flexibility index (Phi) is 4.93. The standard InChI is InChI=1S/C15H23N3O/c1-17-9-2-10-18(12-11-17)15(19)14-5-3-13(4-6-14)7-8-16/h3-6H,2,7-12,16H2,1H3. The number of likely N-dealkylation sites (N-methyl/N-ethyl adjacent to an activating group) is 1. The highest BCUT2D eigenvalue weighted by Crippen LogP contribution is 2.10. The predicted octanol–water partition coefficient (Wildman–Crippen LogP) is 0.965. The van der Waals surface area contributed by atoms with Crippen LogP contribution in [0.25, 0.3) is 0 Å². The zero-order chi connectivity index (χ0) is 13.7. The van der Waals surface area contributed by atoms with Gasteiger partial charge in [-0.05, 0) is 50.7 Å². The van der Waals surface area contributed by atoms with Crippen LogP contribution >= 0.6 is 0 Å². The van der Waals surface area contributed by atoms with Gasteiger partial charge < -0.3 is 15.5 Å². The maximum absolute atomic E-state index is 12.4. The Morgan fingerprint density at radius 3 is 2.58 bits per heavy atom. The minimum absolute atomic E-state index is 0.148. The lowest BCUT2D eigenvalue weighted by Gasteiger charge is -2.20. The van der Waals surface area contributed by atoms with Gasteiger partial charge in [-0.15, -0.1) is 0 Å². The van der Waals surface area contributed by atoms with Crippen LogP contribution in [-0.2, 0) is 6.42 Å². The highest BCUT2D eigenvalue weighted by atomic mass is 16.2. The average molecular weight is 261 g/mol. The topological polar surface area (TPSA) is 49.6 Å². The summed E-state index contributed by atoms with van der Waals surface area (Å²) >= 11 is 0. The molecule has 104 valence electrons.